The molecule has 0 fully saturated rings. The highest BCUT2D eigenvalue weighted by atomic mass is 16.5. The molecular weight excluding hydrogens is 304 g/mol. The third kappa shape index (κ3) is 12.1. The highest BCUT2D eigenvalue weighted by Gasteiger charge is 2.13. The summed E-state index contributed by atoms with van der Waals surface area (Å²) < 4.78 is 11.0. The van der Waals surface area contributed by atoms with E-state index in [0.717, 1.165) is 51.4 Å². The van der Waals surface area contributed by atoms with Crippen LogP contribution in [0.3, 0.4) is 0 Å². The topological polar surface area (TPSA) is 52.6 Å². The molecule has 0 rings (SSSR count). The van der Waals surface area contributed by atoms with E-state index < -0.39 is 0 Å². The first-order valence-electron chi connectivity index (χ1n) is 9.64. The summed E-state index contributed by atoms with van der Waals surface area (Å²) in [7, 11) is 0. The lowest BCUT2D eigenvalue weighted by Gasteiger charge is -2.17. The van der Waals surface area contributed by atoms with Crippen molar-refractivity contribution in [2.24, 2.45) is 0 Å². The predicted molar refractivity (Wildman–Crippen MR) is 97.8 cm³/mol. The Morgan fingerprint density at radius 1 is 0.708 bits per heavy atom. The molecule has 0 unspecified atom stereocenters. The molecule has 0 amide bonds. The summed E-state index contributed by atoms with van der Waals surface area (Å²) in [5.41, 5.74) is 0. The number of hydrogen-bond acceptors (Lipinski definition) is 4. The average Bonchev–Trinajstić information content (AvgIpc) is 2.58. The zero-order chi connectivity index (χ0) is 18.2. The lowest BCUT2D eigenvalue weighted by atomic mass is 10.1. The summed E-state index contributed by atoms with van der Waals surface area (Å²) in [5.74, 6) is -0.372. The van der Waals surface area contributed by atoms with Gasteiger partial charge in [0.2, 0.25) is 0 Å². The zero-order valence-electron chi connectivity index (χ0n) is 16.0. The number of hydrogen-bond donors (Lipinski definition) is 0. The first-order valence-corrected chi connectivity index (χ1v) is 9.64. The van der Waals surface area contributed by atoms with Crippen molar-refractivity contribution in [3.05, 3.63) is 12.2 Å². The number of ether oxygens (including phenoxy) is 2. The number of rotatable bonds is 14. The van der Waals surface area contributed by atoms with Gasteiger partial charge in [-0.25, -0.2) is 0 Å². The van der Waals surface area contributed by atoms with Crippen molar-refractivity contribution >= 4 is 11.9 Å². The van der Waals surface area contributed by atoms with Crippen LogP contribution in [0.5, 0.6) is 0 Å². The highest BCUT2D eigenvalue weighted by Crippen LogP contribution is 2.14. The van der Waals surface area contributed by atoms with Gasteiger partial charge in [0.05, 0.1) is 0 Å². The molecule has 0 aliphatic carbocycles. The fourth-order valence-corrected chi connectivity index (χ4v) is 2.33. The second-order valence-electron chi connectivity index (χ2n) is 6.14. The molecule has 0 N–H and O–H groups in total. The molecule has 2 atom stereocenters. The van der Waals surface area contributed by atoms with Crippen LogP contribution in [0.2, 0.25) is 0 Å². The summed E-state index contributed by atoms with van der Waals surface area (Å²) in [6.45, 7) is 7.89. The van der Waals surface area contributed by atoms with Crippen LogP contribution in [0.15, 0.2) is 12.2 Å². The number of unbranched alkanes of at least 4 members (excludes halogenated alkanes) is 4. The minimum Gasteiger partial charge on any atom is -0.458 e. The van der Waals surface area contributed by atoms with Crippen LogP contribution in [-0.4, -0.2) is 24.1 Å². The van der Waals surface area contributed by atoms with E-state index >= 15 is 0 Å². The maximum atomic E-state index is 11.6. The molecule has 0 aliphatic rings. The molecule has 0 radical (unpaired) electrons. The van der Waals surface area contributed by atoms with Gasteiger partial charge in [-0.1, -0.05) is 53.4 Å². The Balaban J connectivity index is 4.73. The van der Waals surface area contributed by atoms with Gasteiger partial charge in [-0.15, -0.1) is 0 Å². The zero-order valence-corrected chi connectivity index (χ0v) is 16.0. The normalized spacial score (nSPS) is 13.7. The van der Waals surface area contributed by atoms with Crippen LogP contribution in [0.25, 0.3) is 0 Å². The summed E-state index contributed by atoms with van der Waals surface area (Å²) in [6, 6.07) is 0. The molecule has 0 saturated carbocycles. The molecule has 0 aromatic heterocycles. The van der Waals surface area contributed by atoms with Crippen LogP contribution >= 0.6 is 0 Å². The molecule has 0 saturated heterocycles. The van der Waals surface area contributed by atoms with Crippen LogP contribution in [0.4, 0.5) is 0 Å². The Bertz CT molecular complexity index is 329. The van der Waals surface area contributed by atoms with Crippen LogP contribution in [0.1, 0.15) is 91.9 Å². The number of carbonyl (C=O) groups excluding carboxylic acids is 2. The quantitative estimate of drug-likeness (QED) is 0.243. The van der Waals surface area contributed by atoms with Gasteiger partial charge in [-0.3, -0.25) is 9.59 Å². The fraction of sp³-hybridized carbons (Fsp3) is 0.800. The maximum Gasteiger partial charge on any atom is 0.306 e. The Hall–Kier alpha value is -1.32. The van der Waals surface area contributed by atoms with Gasteiger partial charge < -0.3 is 9.47 Å². The Labute approximate surface area is 148 Å². The third-order valence-corrected chi connectivity index (χ3v) is 3.87. The monoisotopic (exact) mass is 340 g/mol. The van der Waals surface area contributed by atoms with E-state index in [1.807, 2.05) is 12.2 Å². The van der Waals surface area contributed by atoms with Crippen LogP contribution < -0.4 is 0 Å². The second kappa shape index (κ2) is 15.2. The molecular formula is C20H36O4. The summed E-state index contributed by atoms with van der Waals surface area (Å²) >= 11 is 0. The molecule has 0 spiro atoms. The van der Waals surface area contributed by atoms with E-state index in [0.29, 0.717) is 12.8 Å². The molecule has 0 heterocycles. The van der Waals surface area contributed by atoms with E-state index in [2.05, 4.69) is 13.8 Å². The first-order chi connectivity index (χ1) is 11.6. The number of esters is 2. The first kappa shape index (κ1) is 22.7. The fourth-order valence-electron chi connectivity index (χ4n) is 2.33. The van der Waals surface area contributed by atoms with Crippen molar-refractivity contribution in [1.82, 2.24) is 0 Å². The average molecular weight is 341 g/mol. The summed E-state index contributed by atoms with van der Waals surface area (Å²) in [5, 5.41) is 0. The molecule has 140 valence electrons. The van der Waals surface area contributed by atoms with Gasteiger partial charge in [0, 0.05) is 12.8 Å². The van der Waals surface area contributed by atoms with Crippen molar-refractivity contribution in [2.45, 2.75) is 104 Å². The van der Waals surface area contributed by atoms with Gasteiger partial charge in [0.25, 0.3) is 0 Å². The van der Waals surface area contributed by atoms with Crippen LogP contribution in [-0.2, 0) is 19.1 Å². The van der Waals surface area contributed by atoms with E-state index in [1.165, 1.54) is 0 Å². The minimum absolute atomic E-state index is 0.186. The molecule has 4 heteroatoms. The van der Waals surface area contributed by atoms with E-state index in [4.69, 9.17) is 9.47 Å². The van der Waals surface area contributed by atoms with Gasteiger partial charge in [-0.05, 0) is 37.8 Å². The Morgan fingerprint density at radius 2 is 1.08 bits per heavy atom. The van der Waals surface area contributed by atoms with E-state index in [-0.39, 0.29) is 24.1 Å². The molecule has 0 aromatic rings. The molecule has 0 aliphatic heterocycles. The molecule has 4 nitrogen and oxygen atoms in total. The second-order valence-corrected chi connectivity index (χ2v) is 6.14. The Morgan fingerprint density at radius 3 is 1.38 bits per heavy atom. The molecule has 0 aromatic carbocycles. The van der Waals surface area contributed by atoms with Gasteiger partial charge in [0.15, 0.2) is 0 Å². The smallest absolute Gasteiger partial charge is 0.306 e. The lowest BCUT2D eigenvalue weighted by molar-refractivity contribution is -0.148. The lowest BCUT2D eigenvalue weighted by Crippen LogP contribution is -2.19. The highest BCUT2D eigenvalue weighted by molar-refractivity contribution is 5.69. The largest absolute Gasteiger partial charge is 0.458 e. The van der Waals surface area contributed by atoms with Gasteiger partial charge >= 0.3 is 11.9 Å². The third-order valence-electron chi connectivity index (χ3n) is 3.87. The van der Waals surface area contributed by atoms with Crippen molar-refractivity contribution in [3.63, 3.8) is 0 Å². The SMILES string of the molecule is CCCCC[C@@H](/C=C/[C@H](CCCCC)OC(=O)CC)OC(=O)CC. The Kier molecular flexibility index (Phi) is 14.4. The van der Waals surface area contributed by atoms with Gasteiger partial charge in [0.1, 0.15) is 12.2 Å². The van der Waals surface area contributed by atoms with Crippen molar-refractivity contribution < 1.29 is 19.1 Å². The standard InChI is InChI=1S/C20H36O4/c1-5-9-11-13-17(23-19(21)7-3)15-16-18(14-12-10-6-2)24-20(22)8-4/h15-18H,5-14H2,1-4H3/b16-15+/t17-,18-/m0/s1. The van der Waals surface area contributed by atoms with Crippen molar-refractivity contribution in [3.8, 4) is 0 Å². The number of carbonyl (C=O) groups is 2. The van der Waals surface area contributed by atoms with E-state index in [1.54, 1.807) is 13.8 Å². The summed E-state index contributed by atoms with van der Waals surface area (Å²) in [4.78, 5) is 23.2. The minimum atomic E-state index is -0.224. The summed E-state index contributed by atoms with van der Waals surface area (Å²) in [6.07, 6.45) is 12.3. The predicted octanol–water partition coefficient (Wildman–Crippen LogP) is 5.35. The van der Waals surface area contributed by atoms with Crippen LogP contribution in [0, 0.1) is 0 Å². The molecule has 0 bridgehead atoms. The molecule has 24 heavy (non-hydrogen) atoms. The van der Waals surface area contributed by atoms with E-state index in [9.17, 15) is 9.59 Å². The van der Waals surface area contributed by atoms with Crippen molar-refractivity contribution in [2.75, 3.05) is 0 Å². The maximum absolute atomic E-state index is 11.6. The van der Waals surface area contributed by atoms with Gasteiger partial charge in [-0.2, -0.15) is 0 Å². The van der Waals surface area contributed by atoms with Crippen molar-refractivity contribution in [1.29, 1.82) is 0 Å².